The molecule has 2 aromatic rings. The van der Waals surface area contributed by atoms with Crippen LogP contribution in [0.25, 0.3) is 5.57 Å². The highest BCUT2D eigenvalue weighted by Crippen LogP contribution is 2.41. The molecule has 0 aliphatic carbocycles. The number of aryl methyl sites for hydroxylation is 2. The fourth-order valence-electron chi connectivity index (χ4n) is 3.72. The average Bonchev–Trinajstić information content (AvgIpc) is 3.00. The van der Waals surface area contributed by atoms with Gasteiger partial charge in [0.2, 0.25) is 5.75 Å². The SMILES string of the molecule is COCCN1C(=O)C(Nc2cc(OC)c(OC)c(OC)c2)=C(c2ccc(C)cc2C)C1=O. The molecule has 0 atom stereocenters. The van der Waals surface area contributed by atoms with E-state index in [2.05, 4.69) is 5.32 Å². The molecule has 0 fully saturated rings. The molecule has 0 unspecified atom stereocenters. The summed E-state index contributed by atoms with van der Waals surface area (Å²) in [6, 6.07) is 9.13. The van der Waals surface area contributed by atoms with Crippen LogP contribution >= 0.6 is 0 Å². The number of amides is 2. The summed E-state index contributed by atoms with van der Waals surface area (Å²) in [6.45, 7) is 4.30. The standard InChI is InChI=1S/C24H28N2O6/c1-14-7-8-17(15(2)11-14)20-21(24(28)26(23(20)27)9-10-29-3)25-16-12-18(30-4)22(32-6)19(13-16)31-5/h7-8,11-13,25H,9-10H2,1-6H3. The van der Waals surface area contributed by atoms with Crippen LogP contribution in [0.4, 0.5) is 5.69 Å². The molecule has 1 aliphatic heterocycles. The summed E-state index contributed by atoms with van der Waals surface area (Å²) >= 11 is 0. The number of methoxy groups -OCH3 is 4. The van der Waals surface area contributed by atoms with Gasteiger partial charge in [-0.05, 0) is 25.0 Å². The fraction of sp³-hybridized carbons (Fsp3) is 0.333. The Bertz CT molecular complexity index is 1050. The second kappa shape index (κ2) is 9.74. The van der Waals surface area contributed by atoms with Gasteiger partial charge in [0.05, 0.1) is 40.1 Å². The lowest BCUT2D eigenvalue weighted by Gasteiger charge is -2.16. The first kappa shape index (κ1) is 23.1. The lowest BCUT2D eigenvalue weighted by molar-refractivity contribution is -0.137. The van der Waals surface area contributed by atoms with Crippen LogP contribution in [0.3, 0.4) is 0 Å². The minimum absolute atomic E-state index is 0.156. The second-order valence-corrected chi connectivity index (χ2v) is 7.36. The van der Waals surface area contributed by atoms with Crippen molar-refractivity contribution >= 4 is 23.1 Å². The first-order valence-corrected chi connectivity index (χ1v) is 10.1. The van der Waals surface area contributed by atoms with Gasteiger partial charge < -0.3 is 24.3 Å². The molecule has 0 spiro atoms. The van der Waals surface area contributed by atoms with Crippen LogP contribution < -0.4 is 19.5 Å². The highest BCUT2D eigenvalue weighted by Gasteiger charge is 2.39. The monoisotopic (exact) mass is 440 g/mol. The van der Waals surface area contributed by atoms with E-state index in [-0.39, 0.29) is 24.8 Å². The summed E-state index contributed by atoms with van der Waals surface area (Å²) in [5.74, 6) is 0.497. The van der Waals surface area contributed by atoms with Crippen LogP contribution in [0.2, 0.25) is 0 Å². The lowest BCUT2D eigenvalue weighted by Crippen LogP contribution is -2.35. The third-order valence-corrected chi connectivity index (χ3v) is 5.27. The lowest BCUT2D eigenvalue weighted by atomic mass is 9.97. The van der Waals surface area contributed by atoms with Gasteiger partial charge in [-0.2, -0.15) is 0 Å². The topological polar surface area (TPSA) is 86.3 Å². The van der Waals surface area contributed by atoms with E-state index in [4.69, 9.17) is 18.9 Å². The van der Waals surface area contributed by atoms with Crippen molar-refractivity contribution in [3.05, 3.63) is 52.7 Å². The predicted molar refractivity (Wildman–Crippen MR) is 121 cm³/mol. The summed E-state index contributed by atoms with van der Waals surface area (Å²) < 4.78 is 21.3. The Balaban J connectivity index is 2.13. The van der Waals surface area contributed by atoms with E-state index < -0.39 is 5.91 Å². The summed E-state index contributed by atoms with van der Waals surface area (Å²) in [4.78, 5) is 27.7. The molecular weight excluding hydrogens is 412 g/mol. The number of ether oxygens (including phenoxy) is 4. The molecule has 0 aromatic heterocycles. The molecule has 1 heterocycles. The molecule has 3 rings (SSSR count). The van der Waals surface area contributed by atoms with Gasteiger partial charge >= 0.3 is 0 Å². The van der Waals surface area contributed by atoms with Crippen molar-refractivity contribution in [2.45, 2.75) is 13.8 Å². The highest BCUT2D eigenvalue weighted by molar-refractivity contribution is 6.36. The maximum Gasteiger partial charge on any atom is 0.278 e. The number of hydrogen-bond donors (Lipinski definition) is 1. The van der Waals surface area contributed by atoms with Crippen LogP contribution in [0, 0.1) is 13.8 Å². The van der Waals surface area contributed by atoms with Crippen LogP contribution in [0.1, 0.15) is 16.7 Å². The maximum atomic E-state index is 13.3. The molecule has 2 amide bonds. The van der Waals surface area contributed by atoms with Gasteiger partial charge in [-0.15, -0.1) is 0 Å². The first-order valence-electron chi connectivity index (χ1n) is 10.1. The minimum atomic E-state index is -0.421. The van der Waals surface area contributed by atoms with E-state index in [1.807, 2.05) is 32.0 Å². The quantitative estimate of drug-likeness (QED) is 0.600. The van der Waals surface area contributed by atoms with Crippen LogP contribution in [0.15, 0.2) is 36.0 Å². The van der Waals surface area contributed by atoms with Crippen molar-refractivity contribution in [3.63, 3.8) is 0 Å². The van der Waals surface area contributed by atoms with Crippen LogP contribution in [-0.2, 0) is 14.3 Å². The Labute approximate surface area is 187 Å². The van der Waals surface area contributed by atoms with Crippen molar-refractivity contribution in [1.29, 1.82) is 0 Å². The largest absolute Gasteiger partial charge is 0.493 e. The number of imide groups is 1. The molecule has 0 saturated carbocycles. The Morgan fingerprint density at radius 3 is 2.06 bits per heavy atom. The van der Waals surface area contributed by atoms with E-state index in [0.29, 0.717) is 34.1 Å². The van der Waals surface area contributed by atoms with Gasteiger partial charge in [-0.3, -0.25) is 14.5 Å². The number of hydrogen-bond acceptors (Lipinski definition) is 7. The highest BCUT2D eigenvalue weighted by atomic mass is 16.5. The predicted octanol–water partition coefficient (Wildman–Crippen LogP) is 3.17. The number of rotatable bonds is 9. The number of nitrogens with one attached hydrogen (secondary N) is 1. The summed E-state index contributed by atoms with van der Waals surface area (Å²) in [6.07, 6.45) is 0. The Morgan fingerprint density at radius 1 is 0.875 bits per heavy atom. The molecule has 1 N–H and O–H groups in total. The zero-order valence-corrected chi connectivity index (χ0v) is 19.2. The number of nitrogens with zero attached hydrogens (tertiary/aromatic N) is 1. The van der Waals surface area contributed by atoms with Gasteiger partial charge in [0.1, 0.15) is 5.70 Å². The van der Waals surface area contributed by atoms with Crippen molar-refractivity contribution in [2.24, 2.45) is 0 Å². The maximum absolute atomic E-state index is 13.3. The van der Waals surface area contributed by atoms with Crippen LogP contribution in [-0.4, -0.2) is 58.3 Å². The molecule has 0 radical (unpaired) electrons. The van der Waals surface area contributed by atoms with Gasteiger partial charge in [0.25, 0.3) is 11.8 Å². The molecule has 0 saturated heterocycles. The van der Waals surface area contributed by atoms with Crippen LogP contribution in [0.5, 0.6) is 17.2 Å². The van der Waals surface area contributed by atoms with Gasteiger partial charge in [-0.1, -0.05) is 23.8 Å². The molecular formula is C24H28N2O6. The average molecular weight is 440 g/mol. The fourth-order valence-corrected chi connectivity index (χ4v) is 3.72. The minimum Gasteiger partial charge on any atom is -0.493 e. The molecule has 1 aliphatic rings. The Hall–Kier alpha value is -3.52. The first-order chi connectivity index (χ1) is 15.4. The zero-order valence-electron chi connectivity index (χ0n) is 19.2. The van der Waals surface area contributed by atoms with Crippen molar-refractivity contribution in [2.75, 3.05) is 46.9 Å². The molecule has 170 valence electrons. The van der Waals surface area contributed by atoms with Gasteiger partial charge in [0.15, 0.2) is 11.5 Å². The van der Waals surface area contributed by atoms with E-state index in [9.17, 15) is 9.59 Å². The molecule has 8 nitrogen and oxygen atoms in total. The molecule has 8 heteroatoms. The smallest absolute Gasteiger partial charge is 0.278 e. The summed E-state index contributed by atoms with van der Waals surface area (Å²) in [7, 11) is 6.07. The van der Waals surface area contributed by atoms with Gasteiger partial charge in [-0.25, -0.2) is 0 Å². The van der Waals surface area contributed by atoms with Crippen molar-refractivity contribution < 1.29 is 28.5 Å². The van der Waals surface area contributed by atoms with Gasteiger partial charge in [0, 0.05) is 24.9 Å². The number of anilines is 1. The number of carbonyl (C=O) groups excluding carboxylic acids is 2. The van der Waals surface area contributed by atoms with E-state index >= 15 is 0 Å². The third kappa shape index (κ3) is 4.27. The van der Waals surface area contributed by atoms with Crippen molar-refractivity contribution in [1.82, 2.24) is 4.90 Å². The van der Waals surface area contributed by atoms with Crippen molar-refractivity contribution in [3.8, 4) is 17.2 Å². The van der Waals surface area contributed by atoms with E-state index in [0.717, 1.165) is 11.1 Å². The van der Waals surface area contributed by atoms with E-state index in [1.54, 1.807) is 12.1 Å². The second-order valence-electron chi connectivity index (χ2n) is 7.36. The van der Waals surface area contributed by atoms with E-state index in [1.165, 1.54) is 33.3 Å². The zero-order chi connectivity index (χ0) is 23.4. The number of benzene rings is 2. The Kier molecular flexibility index (Phi) is 7.05. The molecule has 32 heavy (non-hydrogen) atoms. The number of carbonyl (C=O) groups is 2. The third-order valence-electron chi connectivity index (χ3n) is 5.27. The summed E-state index contributed by atoms with van der Waals surface area (Å²) in [5.41, 5.74) is 3.69. The molecule has 0 bridgehead atoms. The molecule has 2 aromatic carbocycles. The Morgan fingerprint density at radius 2 is 1.53 bits per heavy atom. The normalized spacial score (nSPS) is 13.6. The summed E-state index contributed by atoms with van der Waals surface area (Å²) in [5, 5.41) is 3.13.